The summed E-state index contributed by atoms with van der Waals surface area (Å²) in [5.74, 6) is 6.31. The zero-order valence-electron chi connectivity index (χ0n) is 11.7. The monoisotopic (exact) mass is 253 g/mol. The first-order valence-corrected chi connectivity index (χ1v) is 7.30. The SMILES string of the molecule is CC1CCCC(C)N1NC(=NC1CCCC1)NN. The molecule has 1 heterocycles. The fourth-order valence-electron chi connectivity index (χ4n) is 3.08. The normalized spacial score (nSPS) is 31.6. The number of nitrogens with one attached hydrogen (secondary N) is 2. The summed E-state index contributed by atoms with van der Waals surface area (Å²) in [7, 11) is 0. The summed E-state index contributed by atoms with van der Waals surface area (Å²) in [5, 5.41) is 2.29. The number of aliphatic imine (C=N–C) groups is 1. The molecule has 1 aliphatic carbocycles. The van der Waals surface area contributed by atoms with Crippen LogP contribution in [0, 0.1) is 0 Å². The minimum absolute atomic E-state index is 0.443. The van der Waals surface area contributed by atoms with E-state index in [-0.39, 0.29) is 0 Å². The lowest BCUT2D eigenvalue weighted by Gasteiger charge is -2.39. The van der Waals surface area contributed by atoms with E-state index in [4.69, 9.17) is 5.84 Å². The molecule has 104 valence electrons. The van der Waals surface area contributed by atoms with Gasteiger partial charge in [-0.3, -0.25) is 10.9 Å². The Bertz CT molecular complexity index is 275. The molecular formula is C13H27N5. The molecule has 2 aliphatic rings. The molecule has 0 amide bonds. The summed E-state index contributed by atoms with van der Waals surface area (Å²) in [6.07, 6.45) is 8.75. The summed E-state index contributed by atoms with van der Waals surface area (Å²) >= 11 is 0. The topological polar surface area (TPSA) is 65.7 Å². The Balaban J connectivity index is 1.95. The molecule has 1 saturated carbocycles. The van der Waals surface area contributed by atoms with Crippen molar-refractivity contribution in [3.8, 4) is 0 Å². The van der Waals surface area contributed by atoms with E-state index in [0.29, 0.717) is 18.1 Å². The molecule has 1 aliphatic heterocycles. The van der Waals surface area contributed by atoms with Crippen LogP contribution in [0.2, 0.25) is 0 Å². The highest BCUT2D eigenvalue weighted by Crippen LogP contribution is 2.22. The van der Waals surface area contributed by atoms with Crippen LogP contribution in [0.5, 0.6) is 0 Å². The quantitative estimate of drug-likeness (QED) is 0.302. The van der Waals surface area contributed by atoms with Crippen molar-refractivity contribution in [1.29, 1.82) is 0 Å². The van der Waals surface area contributed by atoms with E-state index in [0.717, 1.165) is 5.96 Å². The van der Waals surface area contributed by atoms with E-state index in [2.05, 4.69) is 34.7 Å². The van der Waals surface area contributed by atoms with Gasteiger partial charge in [0.15, 0.2) is 0 Å². The molecule has 18 heavy (non-hydrogen) atoms. The second-order valence-corrected chi connectivity index (χ2v) is 5.71. The smallest absolute Gasteiger partial charge is 0.220 e. The summed E-state index contributed by atoms with van der Waals surface area (Å²) in [4.78, 5) is 4.68. The van der Waals surface area contributed by atoms with Gasteiger partial charge < -0.3 is 0 Å². The lowest BCUT2D eigenvalue weighted by Crippen LogP contribution is -2.58. The number of piperidine rings is 1. The highest BCUT2D eigenvalue weighted by Gasteiger charge is 2.25. The number of nitrogens with zero attached hydrogens (tertiary/aromatic N) is 2. The fourth-order valence-corrected chi connectivity index (χ4v) is 3.08. The van der Waals surface area contributed by atoms with Crippen LogP contribution in [-0.2, 0) is 0 Å². The van der Waals surface area contributed by atoms with Gasteiger partial charge in [0, 0.05) is 12.1 Å². The van der Waals surface area contributed by atoms with Gasteiger partial charge in [-0.15, -0.1) is 0 Å². The Morgan fingerprint density at radius 2 is 1.67 bits per heavy atom. The van der Waals surface area contributed by atoms with Crippen molar-refractivity contribution >= 4 is 5.96 Å². The van der Waals surface area contributed by atoms with Gasteiger partial charge >= 0.3 is 0 Å². The van der Waals surface area contributed by atoms with Gasteiger partial charge in [0.1, 0.15) is 0 Å². The van der Waals surface area contributed by atoms with Crippen LogP contribution in [0.4, 0.5) is 0 Å². The molecule has 2 unspecified atom stereocenters. The zero-order chi connectivity index (χ0) is 13.0. The van der Waals surface area contributed by atoms with Crippen LogP contribution in [0.1, 0.15) is 58.8 Å². The molecule has 0 radical (unpaired) electrons. The molecule has 0 aromatic carbocycles. The van der Waals surface area contributed by atoms with Crippen molar-refractivity contribution in [2.45, 2.75) is 76.9 Å². The van der Waals surface area contributed by atoms with Gasteiger partial charge in [0.05, 0.1) is 6.04 Å². The third-order valence-electron chi connectivity index (χ3n) is 4.20. The Hall–Kier alpha value is -0.810. The summed E-state index contributed by atoms with van der Waals surface area (Å²) in [6.45, 7) is 4.51. The maximum atomic E-state index is 5.59. The molecule has 0 spiro atoms. The van der Waals surface area contributed by atoms with Gasteiger partial charge in [0.25, 0.3) is 0 Å². The van der Waals surface area contributed by atoms with Gasteiger partial charge in [-0.1, -0.05) is 19.3 Å². The minimum Gasteiger partial charge on any atom is -0.293 e. The predicted molar refractivity (Wildman–Crippen MR) is 74.8 cm³/mol. The summed E-state index contributed by atoms with van der Waals surface area (Å²) < 4.78 is 0. The summed E-state index contributed by atoms with van der Waals surface area (Å²) in [6, 6.07) is 1.52. The van der Waals surface area contributed by atoms with Crippen molar-refractivity contribution in [2.24, 2.45) is 10.8 Å². The first-order chi connectivity index (χ1) is 8.70. The average molecular weight is 253 g/mol. The van der Waals surface area contributed by atoms with Crippen LogP contribution >= 0.6 is 0 Å². The van der Waals surface area contributed by atoms with Crippen molar-refractivity contribution in [3.05, 3.63) is 0 Å². The second-order valence-electron chi connectivity index (χ2n) is 5.71. The number of nitrogens with two attached hydrogens (primary N) is 1. The van der Waals surface area contributed by atoms with E-state index in [9.17, 15) is 0 Å². The van der Waals surface area contributed by atoms with E-state index in [1.807, 2.05) is 0 Å². The fraction of sp³-hybridized carbons (Fsp3) is 0.923. The van der Waals surface area contributed by atoms with Crippen LogP contribution in [0.25, 0.3) is 0 Å². The number of hydrazine groups is 2. The zero-order valence-corrected chi connectivity index (χ0v) is 11.7. The predicted octanol–water partition coefficient (Wildman–Crippen LogP) is 1.52. The molecule has 1 saturated heterocycles. The van der Waals surface area contributed by atoms with Crippen molar-refractivity contribution < 1.29 is 0 Å². The number of rotatable bonds is 2. The third-order valence-corrected chi connectivity index (χ3v) is 4.20. The Morgan fingerprint density at radius 1 is 1.06 bits per heavy atom. The molecule has 4 N–H and O–H groups in total. The largest absolute Gasteiger partial charge is 0.293 e. The van der Waals surface area contributed by atoms with E-state index in [1.54, 1.807) is 0 Å². The number of guanidine groups is 1. The second kappa shape index (κ2) is 6.38. The molecule has 2 rings (SSSR count). The molecule has 0 aromatic rings. The highest BCUT2D eigenvalue weighted by atomic mass is 15.6. The van der Waals surface area contributed by atoms with Gasteiger partial charge in [0.2, 0.25) is 5.96 Å². The number of hydrogen-bond donors (Lipinski definition) is 3. The molecule has 5 nitrogen and oxygen atoms in total. The maximum absolute atomic E-state index is 5.59. The van der Waals surface area contributed by atoms with Crippen LogP contribution < -0.4 is 16.7 Å². The van der Waals surface area contributed by atoms with Crippen molar-refractivity contribution in [3.63, 3.8) is 0 Å². The molecule has 2 fully saturated rings. The molecule has 5 heteroatoms. The van der Waals surface area contributed by atoms with E-state index >= 15 is 0 Å². The standard InChI is InChI=1S/C13H27N5/c1-10-6-5-7-11(2)18(10)17-13(16-14)15-12-8-3-4-9-12/h10-12H,3-9,14H2,1-2H3,(H2,15,16,17). The lowest BCUT2D eigenvalue weighted by atomic mass is 10.00. The van der Waals surface area contributed by atoms with Crippen LogP contribution in [0.3, 0.4) is 0 Å². The van der Waals surface area contributed by atoms with Gasteiger partial charge in [-0.2, -0.15) is 0 Å². The van der Waals surface area contributed by atoms with Gasteiger partial charge in [-0.25, -0.2) is 15.8 Å². The summed E-state index contributed by atoms with van der Waals surface area (Å²) in [5.41, 5.74) is 6.09. The molecular weight excluding hydrogens is 226 g/mol. The van der Waals surface area contributed by atoms with Crippen LogP contribution in [0.15, 0.2) is 4.99 Å². The maximum Gasteiger partial charge on any atom is 0.220 e. The van der Waals surface area contributed by atoms with Crippen LogP contribution in [-0.4, -0.2) is 29.1 Å². The first kappa shape index (κ1) is 13.6. The molecule has 2 atom stereocenters. The van der Waals surface area contributed by atoms with E-state index in [1.165, 1.54) is 44.9 Å². The van der Waals surface area contributed by atoms with Crippen molar-refractivity contribution in [2.75, 3.05) is 0 Å². The van der Waals surface area contributed by atoms with Crippen molar-refractivity contribution in [1.82, 2.24) is 15.9 Å². The first-order valence-electron chi connectivity index (χ1n) is 7.30. The molecule has 0 bridgehead atoms. The lowest BCUT2D eigenvalue weighted by molar-refractivity contribution is 0.0723. The van der Waals surface area contributed by atoms with E-state index < -0.39 is 0 Å². The number of hydrogen-bond acceptors (Lipinski definition) is 3. The minimum atomic E-state index is 0.443. The molecule has 0 aromatic heterocycles. The third kappa shape index (κ3) is 3.36. The highest BCUT2D eigenvalue weighted by molar-refractivity contribution is 5.78. The Morgan fingerprint density at radius 3 is 2.22 bits per heavy atom. The Labute approximate surface area is 110 Å². The Kier molecular flexibility index (Phi) is 4.83. The average Bonchev–Trinajstić information content (AvgIpc) is 2.85. The van der Waals surface area contributed by atoms with Gasteiger partial charge in [-0.05, 0) is 39.5 Å².